The quantitative estimate of drug-likeness (QED) is 0.681. The van der Waals surface area contributed by atoms with E-state index in [1.54, 1.807) is 0 Å². The highest BCUT2D eigenvalue weighted by Gasteiger charge is 2.38. The maximum Gasteiger partial charge on any atom is 0.192 e. The summed E-state index contributed by atoms with van der Waals surface area (Å²) in [6, 6.07) is 1.94. The molecule has 0 N–H and O–H groups in total. The highest BCUT2D eigenvalue weighted by Crippen LogP contribution is 2.37. The first-order valence-electron chi connectivity index (χ1n) is 6.09. The van der Waals surface area contributed by atoms with E-state index in [2.05, 4.69) is 77.7 Å². The van der Waals surface area contributed by atoms with Crippen molar-refractivity contribution < 1.29 is 4.43 Å². The molecular formula is C12H22Br2N2OSi. The van der Waals surface area contributed by atoms with Crippen molar-refractivity contribution in [2.75, 3.05) is 0 Å². The van der Waals surface area contributed by atoms with Gasteiger partial charge in [-0.3, -0.25) is 4.68 Å². The van der Waals surface area contributed by atoms with Crippen LogP contribution in [0.2, 0.25) is 18.1 Å². The molecule has 0 fully saturated rings. The van der Waals surface area contributed by atoms with Crippen LogP contribution in [0.1, 0.15) is 27.7 Å². The van der Waals surface area contributed by atoms with E-state index in [0.717, 1.165) is 15.8 Å². The van der Waals surface area contributed by atoms with Crippen LogP contribution in [0.3, 0.4) is 0 Å². The smallest absolute Gasteiger partial charge is 0.192 e. The molecular weight excluding hydrogens is 376 g/mol. The van der Waals surface area contributed by atoms with E-state index in [1.807, 2.05) is 10.7 Å². The minimum atomic E-state index is -1.70. The molecule has 6 heteroatoms. The van der Waals surface area contributed by atoms with Crippen LogP contribution in [0.5, 0.6) is 0 Å². The number of hydrogen-bond acceptors (Lipinski definition) is 2. The first kappa shape index (κ1) is 16.4. The van der Waals surface area contributed by atoms with Crippen molar-refractivity contribution in [3.8, 4) is 0 Å². The third-order valence-electron chi connectivity index (χ3n) is 3.43. The lowest BCUT2D eigenvalue weighted by Gasteiger charge is -2.38. The van der Waals surface area contributed by atoms with Crippen LogP contribution in [-0.4, -0.2) is 24.2 Å². The molecule has 1 aromatic rings. The average molecular weight is 398 g/mol. The van der Waals surface area contributed by atoms with E-state index in [1.165, 1.54) is 0 Å². The molecule has 0 aliphatic rings. The summed E-state index contributed by atoms with van der Waals surface area (Å²) in [5, 5.41) is 4.60. The standard InChI is InChI=1S/C12H22Br2N2OSi/c1-9(17-18(5,6)12(2,3)4)8-16-11(14)7-10(13)15-16/h7,9H,8H2,1-6H3/t9-/m0/s1. The lowest BCUT2D eigenvalue weighted by atomic mass is 10.2. The molecule has 0 bridgehead atoms. The van der Waals surface area contributed by atoms with Crippen molar-refractivity contribution in [1.29, 1.82) is 0 Å². The van der Waals surface area contributed by atoms with Crippen LogP contribution in [-0.2, 0) is 11.0 Å². The van der Waals surface area contributed by atoms with E-state index in [-0.39, 0.29) is 11.1 Å². The summed E-state index contributed by atoms with van der Waals surface area (Å²) < 4.78 is 10.0. The van der Waals surface area contributed by atoms with Gasteiger partial charge >= 0.3 is 0 Å². The van der Waals surface area contributed by atoms with E-state index >= 15 is 0 Å². The zero-order valence-electron chi connectivity index (χ0n) is 11.9. The topological polar surface area (TPSA) is 27.1 Å². The zero-order valence-corrected chi connectivity index (χ0v) is 16.1. The summed E-state index contributed by atoms with van der Waals surface area (Å²) in [5.41, 5.74) is 0. The molecule has 1 heterocycles. The van der Waals surface area contributed by atoms with Gasteiger partial charge in [0.1, 0.15) is 9.21 Å². The molecule has 0 aliphatic carbocycles. The Morgan fingerprint density at radius 2 is 1.94 bits per heavy atom. The molecule has 0 aliphatic heterocycles. The summed E-state index contributed by atoms with van der Waals surface area (Å²) in [7, 11) is -1.70. The van der Waals surface area contributed by atoms with E-state index in [9.17, 15) is 0 Å². The summed E-state index contributed by atoms with van der Waals surface area (Å²) in [4.78, 5) is 0. The molecule has 0 spiro atoms. The lowest BCUT2D eigenvalue weighted by molar-refractivity contribution is 0.173. The van der Waals surface area contributed by atoms with Gasteiger partial charge in [-0.15, -0.1) is 0 Å². The van der Waals surface area contributed by atoms with Crippen LogP contribution in [0.25, 0.3) is 0 Å². The molecule has 3 nitrogen and oxygen atoms in total. The van der Waals surface area contributed by atoms with E-state index < -0.39 is 8.32 Å². The van der Waals surface area contributed by atoms with Gasteiger partial charge in [0.2, 0.25) is 0 Å². The van der Waals surface area contributed by atoms with Crippen LogP contribution in [0, 0.1) is 0 Å². The van der Waals surface area contributed by atoms with Gasteiger partial charge in [0.15, 0.2) is 8.32 Å². The highest BCUT2D eigenvalue weighted by molar-refractivity contribution is 9.11. The normalized spacial score (nSPS) is 14.9. The van der Waals surface area contributed by atoms with Crippen LogP contribution < -0.4 is 0 Å². The summed E-state index contributed by atoms with van der Waals surface area (Å²) >= 11 is 6.86. The second-order valence-electron chi connectivity index (χ2n) is 6.16. The Balaban J connectivity index is 2.68. The second-order valence-corrected chi connectivity index (χ2v) is 12.5. The Labute approximate surface area is 128 Å². The first-order chi connectivity index (χ1) is 8.03. The summed E-state index contributed by atoms with van der Waals surface area (Å²) in [5.74, 6) is 0. The molecule has 0 unspecified atom stereocenters. The number of rotatable bonds is 4. The third-order valence-corrected chi connectivity index (χ3v) is 9.06. The Morgan fingerprint density at radius 1 is 1.39 bits per heavy atom. The fourth-order valence-corrected chi connectivity index (χ4v) is 4.04. The second kappa shape index (κ2) is 5.77. The predicted octanol–water partition coefficient (Wildman–Crippen LogP) is 4.82. The molecule has 0 radical (unpaired) electrons. The van der Waals surface area contributed by atoms with Crippen molar-refractivity contribution >= 4 is 40.2 Å². The van der Waals surface area contributed by atoms with Gasteiger partial charge in [-0.05, 0) is 56.9 Å². The molecule has 0 saturated heterocycles. The zero-order chi connectivity index (χ0) is 14.1. The molecule has 1 aromatic heterocycles. The molecule has 104 valence electrons. The maximum atomic E-state index is 6.31. The average Bonchev–Trinajstić information content (AvgIpc) is 2.41. The number of hydrogen-bond donors (Lipinski definition) is 0. The van der Waals surface area contributed by atoms with Crippen molar-refractivity contribution in [3.05, 3.63) is 15.3 Å². The van der Waals surface area contributed by atoms with Crippen molar-refractivity contribution in [1.82, 2.24) is 9.78 Å². The van der Waals surface area contributed by atoms with Gasteiger partial charge in [-0.25, -0.2) is 0 Å². The molecule has 0 saturated carbocycles. The maximum absolute atomic E-state index is 6.31. The summed E-state index contributed by atoms with van der Waals surface area (Å²) in [6.07, 6.45) is 0.161. The Bertz CT molecular complexity index is 413. The minimum Gasteiger partial charge on any atom is -0.412 e. The van der Waals surface area contributed by atoms with Gasteiger partial charge in [0, 0.05) is 6.07 Å². The molecule has 0 amide bonds. The van der Waals surface area contributed by atoms with E-state index in [0.29, 0.717) is 0 Å². The minimum absolute atomic E-state index is 0.161. The molecule has 18 heavy (non-hydrogen) atoms. The number of halogens is 2. The fraction of sp³-hybridized carbons (Fsp3) is 0.750. The third kappa shape index (κ3) is 4.18. The van der Waals surface area contributed by atoms with Crippen LogP contribution >= 0.6 is 31.9 Å². The van der Waals surface area contributed by atoms with E-state index in [4.69, 9.17) is 4.43 Å². The SMILES string of the molecule is C[C@@H](Cn1nc(Br)cc1Br)O[Si](C)(C)C(C)(C)C. The van der Waals surface area contributed by atoms with Gasteiger partial charge in [-0.2, -0.15) is 5.10 Å². The lowest BCUT2D eigenvalue weighted by Crippen LogP contribution is -2.44. The number of aromatic nitrogens is 2. The largest absolute Gasteiger partial charge is 0.412 e. The Morgan fingerprint density at radius 3 is 2.33 bits per heavy atom. The van der Waals surface area contributed by atoms with Gasteiger partial charge in [-0.1, -0.05) is 20.8 Å². The number of nitrogens with zero attached hydrogens (tertiary/aromatic N) is 2. The summed E-state index contributed by atoms with van der Waals surface area (Å²) in [6.45, 7) is 14.2. The Kier molecular flexibility index (Phi) is 5.26. The van der Waals surface area contributed by atoms with Crippen molar-refractivity contribution in [2.24, 2.45) is 0 Å². The highest BCUT2D eigenvalue weighted by atomic mass is 79.9. The molecule has 0 aromatic carbocycles. The first-order valence-corrected chi connectivity index (χ1v) is 10.6. The molecule has 1 atom stereocenters. The predicted molar refractivity (Wildman–Crippen MR) is 85.4 cm³/mol. The monoisotopic (exact) mass is 396 g/mol. The van der Waals surface area contributed by atoms with Gasteiger partial charge < -0.3 is 4.43 Å². The van der Waals surface area contributed by atoms with Gasteiger partial charge in [0.25, 0.3) is 0 Å². The van der Waals surface area contributed by atoms with Crippen molar-refractivity contribution in [2.45, 2.75) is 58.5 Å². The van der Waals surface area contributed by atoms with Crippen LogP contribution in [0.4, 0.5) is 0 Å². The van der Waals surface area contributed by atoms with Gasteiger partial charge in [0.05, 0.1) is 12.6 Å². The fourth-order valence-electron chi connectivity index (χ4n) is 1.45. The van der Waals surface area contributed by atoms with Crippen LogP contribution in [0.15, 0.2) is 15.3 Å². The Hall–Kier alpha value is 0.347. The molecule has 1 rings (SSSR count). The van der Waals surface area contributed by atoms with Crippen molar-refractivity contribution in [3.63, 3.8) is 0 Å².